The van der Waals surface area contributed by atoms with Gasteiger partial charge in [0, 0.05) is 12.6 Å². The van der Waals surface area contributed by atoms with Crippen LogP contribution in [0.15, 0.2) is 54.6 Å². The predicted octanol–water partition coefficient (Wildman–Crippen LogP) is 5.36. The van der Waals surface area contributed by atoms with Crippen molar-refractivity contribution in [2.75, 3.05) is 19.0 Å². The lowest BCUT2D eigenvalue weighted by Crippen LogP contribution is -2.19. The van der Waals surface area contributed by atoms with Gasteiger partial charge in [-0.3, -0.25) is 4.79 Å². The third kappa shape index (κ3) is 4.92. The highest BCUT2D eigenvalue weighted by Crippen LogP contribution is 2.44. The SMILES string of the molecule is CCCCOc1cccc(Cc2ccc3c(c2)Nc2c(cc(C(=O)NC)cc2C(=O)O)O3)c1. The van der Waals surface area contributed by atoms with Gasteiger partial charge in [0.15, 0.2) is 11.5 Å². The summed E-state index contributed by atoms with van der Waals surface area (Å²) < 4.78 is 11.8. The minimum Gasteiger partial charge on any atom is -0.494 e. The normalized spacial score (nSPS) is 11.5. The van der Waals surface area contributed by atoms with E-state index in [-0.39, 0.29) is 17.0 Å². The van der Waals surface area contributed by atoms with E-state index in [2.05, 4.69) is 17.6 Å². The van der Waals surface area contributed by atoms with Crippen molar-refractivity contribution in [3.63, 3.8) is 0 Å². The molecule has 0 aliphatic carbocycles. The zero-order chi connectivity index (χ0) is 23.4. The highest BCUT2D eigenvalue weighted by molar-refractivity contribution is 6.03. The van der Waals surface area contributed by atoms with Crippen LogP contribution in [0.3, 0.4) is 0 Å². The molecule has 0 saturated carbocycles. The number of hydrogen-bond acceptors (Lipinski definition) is 5. The maximum absolute atomic E-state index is 12.0. The first-order valence-corrected chi connectivity index (χ1v) is 10.9. The number of rotatable bonds is 8. The molecule has 0 unspecified atom stereocenters. The van der Waals surface area contributed by atoms with Crippen LogP contribution < -0.4 is 20.1 Å². The molecule has 1 aliphatic rings. The molecule has 0 spiro atoms. The fourth-order valence-corrected chi connectivity index (χ4v) is 3.71. The first-order chi connectivity index (χ1) is 16.0. The number of carbonyl (C=O) groups excluding carboxylic acids is 1. The lowest BCUT2D eigenvalue weighted by atomic mass is 10.0. The Bertz CT molecular complexity index is 1210. The van der Waals surface area contributed by atoms with Crippen LogP contribution in [0.2, 0.25) is 0 Å². The molecule has 1 heterocycles. The van der Waals surface area contributed by atoms with Crippen LogP contribution in [0.5, 0.6) is 17.2 Å². The number of ether oxygens (including phenoxy) is 2. The zero-order valence-electron chi connectivity index (χ0n) is 18.6. The van der Waals surface area contributed by atoms with Crippen molar-refractivity contribution >= 4 is 23.3 Å². The molecule has 0 bridgehead atoms. The zero-order valence-corrected chi connectivity index (χ0v) is 18.6. The van der Waals surface area contributed by atoms with E-state index in [1.54, 1.807) is 0 Å². The molecule has 4 rings (SSSR count). The molecule has 0 atom stereocenters. The van der Waals surface area contributed by atoms with E-state index >= 15 is 0 Å². The average Bonchev–Trinajstić information content (AvgIpc) is 2.82. The molecule has 0 saturated heterocycles. The molecule has 33 heavy (non-hydrogen) atoms. The van der Waals surface area contributed by atoms with Crippen LogP contribution in [-0.4, -0.2) is 30.6 Å². The van der Waals surface area contributed by atoms with E-state index in [4.69, 9.17) is 9.47 Å². The topological polar surface area (TPSA) is 96.9 Å². The van der Waals surface area contributed by atoms with Gasteiger partial charge in [0.1, 0.15) is 5.75 Å². The van der Waals surface area contributed by atoms with Gasteiger partial charge >= 0.3 is 5.97 Å². The number of fused-ring (bicyclic) bond motifs is 2. The van der Waals surface area contributed by atoms with Crippen LogP contribution in [0.4, 0.5) is 11.4 Å². The molecule has 1 amide bonds. The lowest BCUT2D eigenvalue weighted by molar-refractivity contribution is 0.0697. The number of carboxylic acids is 1. The Morgan fingerprint density at radius 2 is 1.88 bits per heavy atom. The van der Waals surface area contributed by atoms with Gasteiger partial charge in [-0.2, -0.15) is 0 Å². The van der Waals surface area contributed by atoms with Gasteiger partial charge in [-0.25, -0.2) is 4.79 Å². The Kier molecular flexibility index (Phi) is 6.49. The largest absolute Gasteiger partial charge is 0.494 e. The maximum atomic E-state index is 12.0. The summed E-state index contributed by atoms with van der Waals surface area (Å²) in [6.45, 7) is 2.83. The fraction of sp³-hybridized carbons (Fsp3) is 0.231. The van der Waals surface area contributed by atoms with Gasteiger partial charge in [-0.05, 0) is 60.4 Å². The predicted molar refractivity (Wildman–Crippen MR) is 126 cm³/mol. The Balaban J connectivity index is 1.58. The van der Waals surface area contributed by atoms with Crippen LogP contribution in [0.1, 0.15) is 51.6 Å². The van der Waals surface area contributed by atoms with E-state index < -0.39 is 5.97 Å². The van der Waals surface area contributed by atoms with Gasteiger partial charge in [-0.15, -0.1) is 0 Å². The summed E-state index contributed by atoms with van der Waals surface area (Å²) >= 11 is 0. The second-order valence-electron chi connectivity index (χ2n) is 7.86. The Morgan fingerprint density at radius 3 is 2.64 bits per heavy atom. The Morgan fingerprint density at radius 1 is 1.06 bits per heavy atom. The molecular weight excluding hydrogens is 420 g/mol. The minimum atomic E-state index is -1.15. The van der Waals surface area contributed by atoms with Crippen molar-refractivity contribution in [3.8, 4) is 17.2 Å². The molecule has 3 N–H and O–H groups in total. The van der Waals surface area contributed by atoms with E-state index in [1.165, 1.54) is 19.2 Å². The van der Waals surface area contributed by atoms with Crippen molar-refractivity contribution < 1.29 is 24.2 Å². The van der Waals surface area contributed by atoms with Crippen LogP contribution in [0.25, 0.3) is 0 Å². The van der Waals surface area contributed by atoms with Crippen molar-refractivity contribution in [3.05, 3.63) is 76.9 Å². The third-order valence-corrected chi connectivity index (χ3v) is 5.42. The molecule has 1 aliphatic heterocycles. The Labute approximate surface area is 192 Å². The van der Waals surface area contributed by atoms with Gasteiger partial charge < -0.3 is 25.2 Å². The Hall–Kier alpha value is -4.00. The summed E-state index contributed by atoms with van der Waals surface area (Å²) in [6, 6.07) is 16.7. The summed E-state index contributed by atoms with van der Waals surface area (Å²) in [5.74, 6) is 0.185. The van der Waals surface area contributed by atoms with E-state index in [1.807, 2.05) is 42.5 Å². The number of carboxylic acid groups (broad SMARTS) is 1. The molecule has 7 heteroatoms. The molecule has 7 nitrogen and oxygen atoms in total. The van der Waals surface area contributed by atoms with Crippen molar-refractivity contribution in [1.29, 1.82) is 0 Å². The molecule has 3 aromatic carbocycles. The quantitative estimate of drug-likeness (QED) is 0.315. The second kappa shape index (κ2) is 9.65. The second-order valence-corrected chi connectivity index (χ2v) is 7.86. The lowest BCUT2D eigenvalue weighted by Gasteiger charge is -2.24. The van der Waals surface area contributed by atoms with Crippen molar-refractivity contribution in [2.24, 2.45) is 0 Å². The number of benzene rings is 3. The summed E-state index contributed by atoms with van der Waals surface area (Å²) in [5, 5.41) is 15.4. The number of amides is 1. The van der Waals surface area contributed by atoms with Crippen molar-refractivity contribution in [1.82, 2.24) is 5.32 Å². The summed E-state index contributed by atoms with van der Waals surface area (Å²) in [6.07, 6.45) is 2.79. The van der Waals surface area contributed by atoms with Gasteiger partial charge in [0.25, 0.3) is 5.91 Å². The minimum absolute atomic E-state index is 0.0286. The highest BCUT2D eigenvalue weighted by atomic mass is 16.5. The van der Waals surface area contributed by atoms with Crippen LogP contribution >= 0.6 is 0 Å². The number of aromatic carboxylic acids is 1. The fourth-order valence-electron chi connectivity index (χ4n) is 3.71. The standard InChI is InChI=1S/C26H26N2O5/c1-3-4-10-32-19-7-5-6-16(12-19)11-17-8-9-22-21(13-17)28-24-20(26(30)31)14-18(25(29)27-2)15-23(24)33-22/h5-9,12-15,28H,3-4,10-11H2,1-2H3,(H,27,29)(H,30,31). The van der Waals surface area contributed by atoms with Gasteiger partial charge in [0.05, 0.1) is 23.5 Å². The van der Waals surface area contributed by atoms with E-state index in [0.717, 1.165) is 29.7 Å². The first-order valence-electron chi connectivity index (χ1n) is 10.9. The van der Waals surface area contributed by atoms with Crippen LogP contribution in [0, 0.1) is 0 Å². The number of nitrogens with one attached hydrogen (secondary N) is 2. The maximum Gasteiger partial charge on any atom is 0.337 e. The number of hydrogen-bond donors (Lipinski definition) is 3. The molecule has 0 aromatic heterocycles. The summed E-state index contributed by atoms with van der Waals surface area (Å²) in [4.78, 5) is 23.9. The molecule has 0 radical (unpaired) electrons. The first kappa shape index (κ1) is 22.2. The number of anilines is 2. The van der Waals surface area contributed by atoms with Crippen LogP contribution in [-0.2, 0) is 6.42 Å². The highest BCUT2D eigenvalue weighted by Gasteiger charge is 2.25. The van der Waals surface area contributed by atoms with Crippen molar-refractivity contribution in [2.45, 2.75) is 26.2 Å². The summed E-state index contributed by atoms with van der Waals surface area (Å²) in [5.41, 5.74) is 3.34. The molecular formula is C26H26N2O5. The average molecular weight is 447 g/mol. The smallest absolute Gasteiger partial charge is 0.337 e. The molecule has 170 valence electrons. The number of unbranched alkanes of at least 4 members (excludes halogenated alkanes) is 1. The molecule has 3 aromatic rings. The van der Waals surface area contributed by atoms with Gasteiger partial charge in [-0.1, -0.05) is 31.5 Å². The third-order valence-electron chi connectivity index (χ3n) is 5.42. The monoisotopic (exact) mass is 446 g/mol. The molecule has 0 fully saturated rings. The summed E-state index contributed by atoms with van der Waals surface area (Å²) in [7, 11) is 1.49. The number of carbonyl (C=O) groups is 2. The van der Waals surface area contributed by atoms with E-state index in [9.17, 15) is 14.7 Å². The van der Waals surface area contributed by atoms with E-state index in [0.29, 0.717) is 35.9 Å². The van der Waals surface area contributed by atoms with Gasteiger partial charge in [0.2, 0.25) is 0 Å².